The van der Waals surface area contributed by atoms with Crippen LogP contribution in [-0.2, 0) is 14.3 Å². The van der Waals surface area contributed by atoms with Crippen LogP contribution in [0.3, 0.4) is 0 Å². The molecule has 1 heterocycles. The minimum Gasteiger partial charge on any atom is -0.481 e. The van der Waals surface area contributed by atoms with Crippen LogP contribution >= 0.6 is 0 Å². The van der Waals surface area contributed by atoms with Gasteiger partial charge in [0.2, 0.25) is 5.91 Å². The van der Waals surface area contributed by atoms with Gasteiger partial charge >= 0.3 is 5.97 Å². The molecule has 2 N–H and O–H groups in total. The first kappa shape index (κ1) is 16.3. The second-order valence-corrected chi connectivity index (χ2v) is 6.45. The van der Waals surface area contributed by atoms with E-state index in [4.69, 9.17) is 4.74 Å². The topological polar surface area (TPSA) is 75.6 Å². The zero-order valence-corrected chi connectivity index (χ0v) is 12.8. The van der Waals surface area contributed by atoms with Crippen molar-refractivity contribution in [3.8, 4) is 0 Å². The molecule has 1 aliphatic carbocycles. The maximum atomic E-state index is 12.4. The third-order valence-electron chi connectivity index (χ3n) is 4.77. The van der Waals surface area contributed by atoms with E-state index in [1.54, 1.807) is 0 Å². The number of hydrogen-bond donors (Lipinski definition) is 2. The number of carbonyl (C=O) groups is 2. The Labute approximate surface area is 126 Å². The number of amides is 1. The van der Waals surface area contributed by atoms with Gasteiger partial charge < -0.3 is 15.2 Å². The molecule has 0 aromatic rings. The highest BCUT2D eigenvalue weighted by Gasteiger charge is 2.33. The third kappa shape index (κ3) is 4.70. The minimum atomic E-state index is -0.775. The van der Waals surface area contributed by atoms with Crippen LogP contribution in [0, 0.1) is 11.8 Å². The molecule has 5 nitrogen and oxygen atoms in total. The van der Waals surface area contributed by atoms with Gasteiger partial charge in [-0.3, -0.25) is 9.59 Å². The third-order valence-corrected chi connectivity index (χ3v) is 4.77. The van der Waals surface area contributed by atoms with Crippen molar-refractivity contribution >= 4 is 11.9 Å². The largest absolute Gasteiger partial charge is 0.481 e. The fourth-order valence-corrected chi connectivity index (χ4v) is 3.49. The number of carboxylic acids is 1. The number of aliphatic carboxylic acids is 1. The molecule has 1 amide bonds. The number of nitrogens with one attached hydrogen (secondary N) is 1. The van der Waals surface area contributed by atoms with Crippen molar-refractivity contribution in [3.05, 3.63) is 0 Å². The minimum absolute atomic E-state index is 0.0157. The standard InChI is InChI=1S/C16H27NO4/c1-11-10-12(8-9-21-11)15(18)17-14-7-5-3-2-4-6-13(14)16(19)20/h11-14H,2-10H2,1H3,(H,17,18)(H,19,20). The van der Waals surface area contributed by atoms with Crippen molar-refractivity contribution in [1.29, 1.82) is 0 Å². The van der Waals surface area contributed by atoms with E-state index in [-0.39, 0.29) is 24.0 Å². The summed E-state index contributed by atoms with van der Waals surface area (Å²) in [6.45, 7) is 2.60. The van der Waals surface area contributed by atoms with E-state index < -0.39 is 11.9 Å². The molecule has 2 aliphatic rings. The van der Waals surface area contributed by atoms with Gasteiger partial charge in [-0.15, -0.1) is 0 Å². The van der Waals surface area contributed by atoms with Gasteiger partial charge in [0.1, 0.15) is 0 Å². The monoisotopic (exact) mass is 297 g/mol. The van der Waals surface area contributed by atoms with Gasteiger partial charge in [0.25, 0.3) is 0 Å². The first-order valence-electron chi connectivity index (χ1n) is 8.22. The Hall–Kier alpha value is -1.10. The zero-order chi connectivity index (χ0) is 15.2. The Morgan fingerprint density at radius 3 is 2.48 bits per heavy atom. The highest BCUT2D eigenvalue weighted by molar-refractivity contribution is 5.80. The summed E-state index contributed by atoms with van der Waals surface area (Å²) in [5.41, 5.74) is 0. The summed E-state index contributed by atoms with van der Waals surface area (Å²) in [6, 6.07) is -0.214. The number of hydrogen-bond acceptors (Lipinski definition) is 3. The van der Waals surface area contributed by atoms with E-state index in [0.29, 0.717) is 13.0 Å². The van der Waals surface area contributed by atoms with Gasteiger partial charge in [0.05, 0.1) is 12.0 Å². The van der Waals surface area contributed by atoms with Crippen molar-refractivity contribution in [2.45, 2.75) is 70.4 Å². The molecule has 4 atom stereocenters. The summed E-state index contributed by atoms with van der Waals surface area (Å²) < 4.78 is 5.47. The lowest BCUT2D eigenvalue weighted by atomic mass is 9.86. The highest BCUT2D eigenvalue weighted by Crippen LogP contribution is 2.25. The van der Waals surface area contributed by atoms with Crippen LogP contribution in [-0.4, -0.2) is 35.7 Å². The summed E-state index contributed by atoms with van der Waals surface area (Å²) in [5.74, 6) is -1.23. The molecule has 21 heavy (non-hydrogen) atoms. The average molecular weight is 297 g/mol. The van der Waals surface area contributed by atoms with E-state index >= 15 is 0 Å². The number of rotatable bonds is 3. The Morgan fingerprint density at radius 2 is 1.81 bits per heavy atom. The lowest BCUT2D eigenvalue weighted by Gasteiger charge is -2.31. The van der Waals surface area contributed by atoms with Crippen molar-refractivity contribution in [1.82, 2.24) is 5.32 Å². The smallest absolute Gasteiger partial charge is 0.308 e. The quantitative estimate of drug-likeness (QED) is 0.838. The first-order valence-corrected chi connectivity index (χ1v) is 8.22. The van der Waals surface area contributed by atoms with Crippen LogP contribution in [0.15, 0.2) is 0 Å². The molecule has 4 unspecified atom stereocenters. The molecule has 1 aliphatic heterocycles. The molecular formula is C16H27NO4. The Kier molecular flexibility index (Phi) is 6.03. The van der Waals surface area contributed by atoms with Crippen LogP contribution in [0.25, 0.3) is 0 Å². The SMILES string of the molecule is CC1CC(C(=O)NC2CCCCCCC2C(=O)O)CCO1. The molecule has 120 valence electrons. The molecule has 2 fully saturated rings. The van der Waals surface area contributed by atoms with E-state index in [0.717, 1.165) is 44.9 Å². The maximum Gasteiger partial charge on any atom is 0.308 e. The van der Waals surface area contributed by atoms with Crippen LogP contribution in [0.5, 0.6) is 0 Å². The molecule has 0 spiro atoms. The zero-order valence-electron chi connectivity index (χ0n) is 12.8. The second-order valence-electron chi connectivity index (χ2n) is 6.45. The Balaban J connectivity index is 1.96. The van der Waals surface area contributed by atoms with Gasteiger partial charge in [-0.1, -0.05) is 25.7 Å². The summed E-state index contributed by atoms with van der Waals surface area (Å²) in [6.07, 6.45) is 7.20. The normalized spacial score (nSPS) is 34.5. The lowest BCUT2D eigenvalue weighted by Crippen LogP contribution is -2.47. The Bertz CT molecular complexity index is 371. The summed E-state index contributed by atoms with van der Waals surface area (Å²) in [4.78, 5) is 23.9. The van der Waals surface area contributed by atoms with Gasteiger partial charge in [0.15, 0.2) is 0 Å². The highest BCUT2D eigenvalue weighted by atomic mass is 16.5. The average Bonchev–Trinajstić information content (AvgIpc) is 2.41. The first-order chi connectivity index (χ1) is 10.1. The predicted molar refractivity (Wildman–Crippen MR) is 78.9 cm³/mol. The van der Waals surface area contributed by atoms with Crippen molar-refractivity contribution in [2.24, 2.45) is 11.8 Å². The van der Waals surface area contributed by atoms with Crippen LogP contribution < -0.4 is 5.32 Å². The molecule has 0 bridgehead atoms. The van der Waals surface area contributed by atoms with E-state index in [9.17, 15) is 14.7 Å². The number of carbonyl (C=O) groups excluding carboxylic acids is 1. The maximum absolute atomic E-state index is 12.4. The Morgan fingerprint density at radius 1 is 1.10 bits per heavy atom. The van der Waals surface area contributed by atoms with Gasteiger partial charge in [-0.2, -0.15) is 0 Å². The fourth-order valence-electron chi connectivity index (χ4n) is 3.49. The van der Waals surface area contributed by atoms with E-state index in [2.05, 4.69) is 5.32 Å². The van der Waals surface area contributed by atoms with Gasteiger partial charge in [-0.05, 0) is 32.6 Å². The molecule has 0 aromatic carbocycles. The fraction of sp³-hybridized carbons (Fsp3) is 0.875. The number of ether oxygens (including phenoxy) is 1. The van der Waals surface area contributed by atoms with E-state index in [1.807, 2.05) is 6.92 Å². The van der Waals surface area contributed by atoms with Crippen molar-refractivity contribution in [2.75, 3.05) is 6.61 Å². The molecular weight excluding hydrogens is 270 g/mol. The van der Waals surface area contributed by atoms with Gasteiger partial charge in [-0.25, -0.2) is 0 Å². The lowest BCUT2D eigenvalue weighted by molar-refractivity contribution is -0.144. The summed E-state index contributed by atoms with van der Waals surface area (Å²) in [5, 5.41) is 12.5. The molecule has 2 rings (SSSR count). The number of carboxylic acid groups (broad SMARTS) is 1. The van der Waals surface area contributed by atoms with Crippen molar-refractivity contribution in [3.63, 3.8) is 0 Å². The van der Waals surface area contributed by atoms with Crippen LogP contribution in [0.4, 0.5) is 0 Å². The van der Waals surface area contributed by atoms with Crippen LogP contribution in [0.2, 0.25) is 0 Å². The van der Waals surface area contributed by atoms with Gasteiger partial charge in [0, 0.05) is 18.6 Å². The molecule has 5 heteroatoms. The molecule has 0 radical (unpaired) electrons. The van der Waals surface area contributed by atoms with Crippen LogP contribution in [0.1, 0.15) is 58.3 Å². The molecule has 0 aromatic heterocycles. The van der Waals surface area contributed by atoms with E-state index in [1.165, 1.54) is 0 Å². The predicted octanol–water partition coefficient (Wildman–Crippen LogP) is 2.34. The molecule has 1 saturated heterocycles. The summed E-state index contributed by atoms with van der Waals surface area (Å²) in [7, 11) is 0. The van der Waals surface area contributed by atoms with Crippen molar-refractivity contribution < 1.29 is 19.4 Å². The second kappa shape index (κ2) is 7.78. The summed E-state index contributed by atoms with van der Waals surface area (Å²) >= 11 is 0. The molecule has 1 saturated carbocycles.